The zero-order chi connectivity index (χ0) is 9.72. The largest absolute Gasteiger partial charge is 0.392 e. The maximum atomic E-state index is 9.06. The predicted molar refractivity (Wildman–Crippen MR) is 52.3 cm³/mol. The van der Waals surface area contributed by atoms with E-state index in [1.54, 1.807) is 11.9 Å². The molecule has 0 aliphatic rings. The van der Waals surface area contributed by atoms with Gasteiger partial charge < -0.3 is 5.11 Å². The first kappa shape index (κ1) is 11.4. The van der Waals surface area contributed by atoms with Crippen LogP contribution >= 0.6 is 0 Å². The van der Waals surface area contributed by atoms with E-state index in [0.717, 1.165) is 5.71 Å². The first-order valence-corrected chi connectivity index (χ1v) is 4.37. The van der Waals surface area contributed by atoms with Crippen LogP contribution in [0.2, 0.25) is 0 Å². The highest BCUT2D eigenvalue weighted by Gasteiger charge is 2.02. The molecule has 72 valence electrons. The molecule has 1 N–H and O–H groups in total. The molecule has 1 unspecified atom stereocenters. The van der Waals surface area contributed by atoms with Crippen LogP contribution in [0, 0.1) is 5.92 Å². The van der Waals surface area contributed by atoms with Crippen LogP contribution in [0.3, 0.4) is 0 Å². The lowest BCUT2D eigenvalue weighted by Gasteiger charge is -2.17. The van der Waals surface area contributed by atoms with Crippen molar-refractivity contribution in [2.24, 2.45) is 11.0 Å². The lowest BCUT2D eigenvalue weighted by Crippen LogP contribution is -2.24. The summed E-state index contributed by atoms with van der Waals surface area (Å²) < 4.78 is 0. The quantitative estimate of drug-likeness (QED) is 0.513. The zero-order valence-corrected chi connectivity index (χ0v) is 8.70. The van der Waals surface area contributed by atoms with Gasteiger partial charge in [0.05, 0.1) is 12.6 Å². The van der Waals surface area contributed by atoms with E-state index < -0.39 is 0 Å². The Balaban J connectivity index is 3.96. The van der Waals surface area contributed by atoms with Crippen LogP contribution in [0.1, 0.15) is 27.7 Å². The van der Waals surface area contributed by atoms with Gasteiger partial charge in [0.1, 0.15) is 0 Å². The van der Waals surface area contributed by atoms with Crippen molar-refractivity contribution < 1.29 is 5.11 Å². The number of hydrogen-bond donors (Lipinski definition) is 1. The van der Waals surface area contributed by atoms with Crippen LogP contribution in [-0.4, -0.2) is 35.5 Å². The summed E-state index contributed by atoms with van der Waals surface area (Å²) in [5.74, 6) is 0.474. The van der Waals surface area contributed by atoms with Gasteiger partial charge in [0.15, 0.2) is 0 Å². The van der Waals surface area contributed by atoms with Crippen LogP contribution in [0.5, 0.6) is 0 Å². The number of hydrogen-bond acceptors (Lipinski definition) is 3. The number of rotatable bonds is 4. The summed E-state index contributed by atoms with van der Waals surface area (Å²) in [6.07, 6.45) is -0.321. The van der Waals surface area contributed by atoms with E-state index in [0.29, 0.717) is 12.5 Å². The van der Waals surface area contributed by atoms with E-state index >= 15 is 0 Å². The Hall–Kier alpha value is -0.570. The molecule has 0 aromatic heterocycles. The molecule has 0 aliphatic carbocycles. The minimum absolute atomic E-state index is 0.321. The topological polar surface area (TPSA) is 35.8 Å². The molecule has 0 fully saturated rings. The smallest absolute Gasteiger partial charge is 0.0703 e. The van der Waals surface area contributed by atoms with Crippen LogP contribution in [0.4, 0.5) is 0 Å². The molecule has 0 aromatic rings. The van der Waals surface area contributed by atoms with E-state index in [-0.39, 0.29) is 6.10 Å². The van der Waals surface area contributed by atoms with Crippen LogP contribution in [0.15, 0.2) is 5.10 Å². The van der Waals surface area contributed by atoms with E-state index in [2.05, 4.69) is 18.9 Å². The number of aliphatic hydroxyl groups is 1. The summed E-state index contributed by atoms with van der Waals surface area (Å²) in [6.45, 7) is 8.56. The summed E-state index contributed by atoms with van der Waals surface area (Å²) in [7, 11) is 1.87. The van der Waals surface area contributed by atoms with Crippen molar-refractivity contribution in [2.75, 3.05) is 13.6 Å². The van der Waals surface area contributed by atoms with Gasteiger partial charge in [0.25, 0.3) is 0 Å². The lowest BCUT2D eigenvalue weighted by molar-refractivity contribution is 0.143. The number of hydrazone groups is 1. The summed E-state index contributed by atoms with van der Waals surface area (Å²) in [6, 6.07) is 0. The van der Waals surface area contributed by atoms with Gasteiger partial charge in [-0.2, -0.15) is 5.10 Å². The van der Waals surface area contributed by atoms with Crippen molar-refractivity contribution in [1.82, 2.24) is 5.01 Å². The fraction of sp³-hybridized carbons (Fsp3) is 0.889. The Labute approximate surface area is 75.1 Å². The van der Waals surface area contributed by atoms with E-state index in [4.69, 9.17) is 5.11 Å². The highest BCUT2D eigenvalue weighted by Crippen LogP contribution is 1.98. The van der Waals surface area contributed by atoms with Crippen molar-refractivity contribution in [3.63, 3.8) is 0 Å². The first-order valence-electron chi connectivity index (χ1n) is 4.37. The third-order valence-electron chi connectivity index (χ3n) is 1.69. The van der Waals surface area contributed by atoms with Gasteiger partial charge in [-0.25, -0.2) is 0 Å². The van der Waals surface area contributed by atoms with Gasteiger partial charge >= 0.3 is 0 Å². The standard InChI is InChI=1S/C9H20N2O/c1-7(2)9(4)10-11(5)6-8(3)12/h7-8,12H,6H2,1-5H3. The third kappa shape index (κ3) is 5.13. The summed E-state index contributed by atoms with van der Waals surface area (Å²) in [5.41, 5.74) is 1.10. The maximum absolute atomic E-state index is 9.06. The van der Waals surface area contributed by atoms with Crippen molar-refractivity contribution >= 4 is 5.71 Å². The Morgan fingerprint density at radius 2 is 1.92 bits per heavy atom. The third-order valence-corrected chi connectivity index (χ3v) is 1.69. The molecule has 0 heterocycles. The SMILES string of the molecule is CC(=NN(C)CC(C)O)C(C)C. The average Bonchev–Trinajstić information content (AvgIpc) is 1.84. The minimum Gasteiger partial charge on any atom is -0.392 e. The number of likely N-dealkylation sites (N-methyl/N-ethyl adjacent to an activating group) is 1. The van der Waals surface area contributed by atoms with Crippen molar-refractivity contribution in [2.45, 2.75) is 33.8 Å². The molecular weight excluding hydrogens is 152 g/mol. The van der Waals surface area contributed by atoms with Crippen LogP contribution < -0.4 is 0 Å². The van der Waals surface area contributed by atoms with Gasteiger partial charge in [-0.1, -0.05) is 13.8 Å². The van der Waals surface area contributed by atoms with E-state index in [1.165, 1.54) is 0 Å². The van der Waals surface area contributed by atoms with Crippen molar-refractivity contribution in [1.29, 1.82) is 0 Å². The van der Waals surface area contributed by atoms with Gasteiger partial charge in [0.2, 0.25) is 0 Å². The number of aliphatic hydroxyl groups excluding tert-OH is 1. The molecule has 12 heavy (non-hydrogen) atoms. The molecule has 3 heteroatoms. The molecule has 0 bridgehead atoms. The fourth-order valence-electron chi connectivity index (χ4n) is 0.808. The predicted octanol–water partition coefficient (Wildman–Crippen LogP) is 1.33. The second-order valence-electron chi connectivity index (χ2n) is 3.59. The minimum atomic E-state index is -0.321. The molecule has 0 saturated heterocycles. The Bertz CT molecular complexity index is 153. The Kier molecular flexibility index (Phi) is 4.90. The van der Waals surface area contributed by atoms with Crippen molar-refractivity contribution in [3.05, 3.63) is 0 Å². The highest BCUT2D eigenvalue weighted by molar-refractivity contribution is 5.83. The molecule has 3 nitrogen and oxygen atoms in total. The molecular formula is C9H20N2O. The van der Waals surface area contributed by atoms with Crippen LogP contribution in [-0.2, 0) is 0 Å². The number of nitrogens with zero attached hydrogens (tertiary/aromatic N) is 2. The van der Waals surface area contributed by atoms with Gasteiger partial charge in [-0.05, 0) is 19.8 Å². The van der Waals surface area contributed by atoms with Gasteiger partial charge in [-0.3, -0.25) is 5.01 Å². The molecule has 0 amide bonds. The molecule has 0 saturated carbocycles. The molecule has 0 aliphatic heterocycles. The molecule has 1 atom stereocenters. The monoisotopic (exact) mass is 172 g/mol. The summed E-state index contributed by atoms with van der Waals surface area (Å²) in [4.78, 5) is 0. The Morgan fingerprint density at radius 1 is 1.42 bits per heavy atom. The second kappa shape index (κ2) is 5.14. The molecule has 0 spiro atoms. The van der Waals surface area contributed by atoms with Crippen molar-refractivity contribution in [3.8, 4) is 0 Å². The van der Waals surface area contributed by atoms with E-state index in [9.17, 15) is 0 Å². The van der Waals surface area contributed by atoms with Gasteiger partial charge in [-0.15, -0.1) is 0 Å². The molecule has 0 rings (SSSR count). The summed E-state index contributed by atoms with van der Waals surface area (Å²) >= 11 is 0. The van der Waals surface area contributed by atoms with Crippen LogP contribution in [0.25, 0.3) is 0 Å². The molecule has 0 aromatic carbocycles. The Morgan fingerprint density at radius 3 is 2.25 bits per heavy atom. The average molecular weight is 172 g/mol. The normalized spacial score (nSPS) is 15.1. The lowest BCUT2D eigenvalue weighted by atomic mass is 10.1. The first-order chi connectivity index (χ1) is 5.43. The second-order valence-corrected chi connectivity index (χ2v) is 3.59. The molecule has 0 radical (unpaired) electrons. The van der Waals surface area contributed by atoms with E-state index in [1.807, 2.05) is 14.0 Å². The highest BCUT2D eigenvalue weighted by atomic mass is 16.3. The maximum Gasteiger partial charge on any atom is 0.0703 e. The fourth-order valence-corrected chi connectivity index (χ4v) is 0.808. The summed E-state index contributed by atoms with van der Waals surface area (Å²) in [5, 5.41) is 15.1. The van der Waals surface area contributed by atoms with Gasteiger partial charge in [0, 0.05) is 12.8 Å². The zero-order valence-electron chi connectivity index (χ0n) is 8.70.